The van der Waals surface area contributed by atoms with Crippen molar-refractivity contribution < 1.29 is 4.74 Å². The Labute approximate surface area is 136 Å². The van der Waals surface area contributed by atoms with Gasteiger partial charge >= 0.3 is 0 Å². The summed E-state index contributed by atoms with van der Waals surface area (Å²) in [6, 6.07) is 12.0. The molecule has 0 amide bonds. The van der Waals surface area contributed by atoms with Gasteiger partial charge in [-0.1, -0.05) is 29.8 Å². The van der Waals surface area contributed by atoms with E-state index >= 15 is 0 Å². The minimum absolute atomic E-state index is 0.289. The predicted molar refractivity (Wildman–Crippen MR) is 91.0 cm³/mol. The topological polar surface area (TPSA) is 25.4 Å². The van der Waals surface area contributed by atoms with E-state index in [2.05, 4.69) is 16.8 Å². The molecule has 1 aliphatic rings. The van der Waals surface area contributed by atoms with Crippen LogP contribution in [0, 0.1) is 13.8 Å². The van der Waals surface area contributed by atoms with Crippen LogP contribution < -0.4 is 9.64 Å². The van der Waals surface area contributed by atoms with E-state index in [0.29, 0.717) is 5.15 Å². The molecular formula is C18H21ClN2O. The number of hydrogen-bond donors (Lipinski definition) is 0. The van der Waals surface area contributed by atoms with Crippen molar-refractivity contribution in [2.45, 2.75) is 32.8 Å². The van der Waals surface area contributed by atoms with Gasteiger partial charge in [-0.15, -0.1) is 0 Å². The average Bonchev–Trinajstić information content (AvgIpc) is 2.53. The quantitative estimate of drug-likeness (QED) is 0.785. The Hall–Kier alpha value is -1.74. The maximum atomic E-state index is 6.11. The number of benzene rings is 1. The molecule has 0 spiro atoms. The lowest BCUT2D eigenvalue weighted by Gasteiger charge is -2.34. The normalized spacial score (nSPS) is 15.9. The second-order valence-electron chi connectivity index (χ2n) is 5.79. The lowest BCUT2D eigenvalue weighted by atomic mass is 10.1. The molecular weight excluding hydrogens is 296 g/mol. The molecule has 1 saturated heterocycles. The van der Waals surface area contributed by atoms with Crippen LogP contribution in [0.2, 0.25) is 5.15 Å². The molecule has 22 heavy (non-hydrogen) atoms. The Kier molecular flexibility index (Phi) is 4.53. The van der Waals surface area contributed by atoms with Gasteiger partial charge in [0.05, 0.1) is 0 Å². The fourth-order valence-corrected chi connectivity index (χ4v) is 3.15. The summed E-state index contributed by atoms with van der Waals surface area (Å²) in [7, 11) is 0. The van der Waals surface area contributed by atoms with Crippen LogP contribution in [0.3, 0.4) is 0 Å². The third-order valence-electron chi connectivity index (χ3n) is 4.29. The predicted octanol–water partition coefficient (Wildman–Crippen LogP) is 4.40. The van der Waals surface area contributed by atoms with Crippen LogP contribution in [0.25, 0.3) is 0 Å². The molecule has 0 bridgehead atoms. The first-order valence-corrected chi connectivity index (χ1v) is 8.11. The minimum Gasteiger partial charge on any atom is -0.490 e. The molecule has 4 heteroatoms. The number of para-hydroxylation sites is 1. The van der Waals surface area contributed by atoms with Crippen molar-refractivity contribution in [3.63, 3.8) is 0 Å². The fourth-order valence-electron chi connectivity index (χ4n) is 2.92. The lowest BCUT2D eigenvalue weighted by molar-refractivity contribution is 0.171. The summed E-state index contributed by atoms with van der Waals surface area (Å²) < 4.78 is 6.05. The largest absolute Gasteiger partial charge is 0.490 e. The second kappa shape index (κ2) is 6.57. The summed E-state index contributed by atoms with van der Waals surface area (Å²) in [5.41, 5.74) is 3.42. The summed E-state index contributed by atoms with van der Waals surface area (Å²) >= 11 is 6.11. The minimum atomic E-state index is 0.289. The van der Waals surface area contributed by atoms with Gasteiger partial charge in [-0.25, -0.2) is 4.98 Å². The van der Waals surface area contributed by atoms with Crippen molar-refractivity contribution in [2.75, 3.05) is 18.0 Å². The molecule has 3 nitrogen and oxygen atoms in total. The summed E-state index contributed by atoms with van der Waals surface area (Å²) in [5, 5.41) is 0.570. The van der Waals surface area contributed by atoms with E-state index < -0.39 is 0 Å². The third kappa shape index (κ3) is 3.36. The van der Waals surface area contributed by atoms with Crippen LogP contribution in [0.1, 0.15) is 24.1 Å². The van der Waals surface area contributed by atoms with Gasteiger partial charge in [-0.05, 0) is 37.6 Å². The highest BCUT2D eigenvalue weighted by Crippen LogP contribution is 2.28. The maximum Gasteiger partial charge on any atom is 0.131 e. The second-order valence-corrected chi connectivity index (χ2v) is 6.18. The zero-order valence-corrected chi connectivity index (χ0v) is 13.8. The number of halogens is 1. The highest BCUT2D eigenvalue weighted by molar-refractivity contribution is 6.29. The first-order chi connectivity index (χ1) is 10.6. The number of ether oxygens (including phenoxy) is 1. The number of nitrogens with zero attached hydrogens (tertiary/aromatic N) is 2. The first-order valence-electron chi connectivity index (χ1n) is 7.74. The van der Waals surface area contributed by atoms with E-state index in [0.717, 1.165) is 37.4 Å². The van der Waals surface area contributed by atoms with E-state index in [1.54, 1.807) is 0 Å². The van der Waals surface area contributed by atoms with Crippen LogP contribution in [0.4, 0.5) is 5.69 Å². The molecule has 0 aliphatic carbocycles. The Balaban J connectivity index is 1.65. The molecule has 0 N–H and O–H groups in total. The maximum absolute atomic E-state index is 6.11. The smallest absolute Gasteiger partial charge is 0.131 e. The van der Waals surface area contributed by atoms with E-state index in [1.165, 1.54) is 11.3 Å². The van der Waals surface area contributed by atoms with Crippen molar-refractivity contribution in [2.24, 2.45) is 0 Å². The van der Waals surface area contributed by atoms with Gasteiger partial charge in [-0.2, -0.15) is 0 Å². The Morgan fingerprint density at radius 1 is 1.14 bits per heavy atom. The number of pyridine rings is 1. The average molecular weight is 317 g/mol. The zero-order chi connectivity index (χ0) is 15.5. The van der Waals surface area contributed by atoms with Crippen LogP contribution in [0.15, 0.2) is 36.4 Å². The van der Waals surface area contributed by atoms with Crippen molar-refractivity contribution in [3.8, 4) is 5.75 Å². The van der Waals surface area contributed by atoms with Crippen LogP contribution in [-0.2, 0) is 0 Å². The summed E-state index contributed by atoms with van der Waals surface area (Å²) in [6.07, 6.45) is 2.33. The molecule has 0 atom stereocenters. The van der Waals surface area contributed by atoms with Crippen molar-refractivity contribution in [1.29, 1.82) is 0 Å². The van der Waals surface area contributed by atoms with E-state index in [-0.39, 0.29) is 6.10 Å². The number of aryl methyl sites for hydroxylation is 1. The molecule has 116 valence electrons. The third-order valence-corrected chi connectivity index (χ3v) is 4.48. The van der Waals surface area contributed by atoms with Gasteiger partial charge in [0.2, 0.25) is 0 Å². The zero-order valence-electron chi connectivity index (χ0n) is 13.1. The fraction of sp³-hybridized carbons (Fsp3) is 0.389. The van der Waals surface area contributed by atoms with E-state index in [1.807, 2.05) is 43.3 Å². The molecule has 3 rings (SSSR count). The standard InChI is InChI=1S/C18H21ClN2O/c1-13-14(2)20-18(19)12-17(13)21-10-8-16(9-11-21)22-15-6-4-3-5-7-15/h3-7,12,16H,8-11H2,1-2H3. The Morgan fingerprint density at radius 2 is 1.82 bits per heavy atom. The molecule has 1 fully saturated rings. The van der Waals surface area contributed by atoms with Gasteiger partial charge in [0.1, 0.15) is 17.0 Å². The number of anilines is 1. The monoisotopic (exact) mass is 316 g/mol. The summed E-state index contributed by atoms with van der Waals surface area (Å²) in [5.74, 6) is 0.958. The molecule has 1 aromatic heterocycles. The number of hydrogen-bond acceptors (Lipinski definition) is 3. The van der Waals surface area contributed by atoms with Gasteiger partial charge in [0.15, 0.2) is 0 Å². The molecule has 0 saturated carbocycles. The van der Waals surface area contributed by atoms with Gasteiger partial charge < -0.3 is 9.64 Å². The van der Waals surface area contributed by atoms with Gasteiger partial charge in [-0.3, -0.25) is 0 Å². The number of rotatable bonds is 3. The van der Waals surface area contributed by atoms with Crippen molar-refractivity contribution >= 4 is 17.3 Å². The van der Waals surface area contributed by atoms with Crippen LogP contribution in [-0.4, -0.2) is 24.2 Å². The SMILES string of the molecule is Cc1nc(Cl)cc(N2CCC(Oc3ccccc3)CC2)c1C. The van der Waals surface area contributed by atoms with Crippen molar-refractivity contribution in [3.05, 3.63) is 52.8 Å². The molecule has 0 radical (unpaired) electrons. The number of piperidine rings is 1. The Morgan fingerprint density at radius 3 is 2.50 bits per heavy atom. The molecule has 2 heterocycles. The van der Waals surface area contributed by atoms with Gasteiger partial charge in [0.25, 0.3) is 0 Å². The van der Waals surface area contributed by atoms with Gasteiger partial charge in [0, 0.05) is 37.3 Å². The number of aromatic nitrogens is 1. The molecule has 1 aromatic carbocycles. The van der Waals surface area contributed by atoms with Crippen LogP contribution in [0.5, 0.6) is 5.75 Å². The summed E-state index contributed by atoms with van der Waals surface area (Å²) in [6.45, 7) is 6.09. The molecule has 2 aromatic rings. The van der Waals surface area contributed by atoms with E-state index in [4.69, 9.17) is 16.3 Å². The molecule has 0 unspecified atom stereocenters. The van der Waals surface area contributed by atoms with Crippen LogP contribution >= 0.6 is 11.6 Å². The van der Waals surface area contributed by atoms with Crippen molar-refractivity contribution in [1.82, 2.24) is 4.98 Å². The first kappa shape index (κ1) is 15.2. The summed E-state index contributed by atoms with van der Waals surface area (Å²) in [4.78, 5) is 6.70. The van der Waals surface area contributed by atoms with E-state index in [9.17, 15) is 0 Å². The highest BCUT2D eigenvalue weighted by Gasteiger charge is 2.22. The Bertz CT molecular complexity index is 637. The highest BCUT2D eigenvalue weighted by atomic mass is 35.5. The lowest BCUT2D eigenvalue weighted by Crippen LogP contribution is -2.38. The molecule has 1 aliphatic heterocycles.